The van der Waals surface area contributed by atoms with Crippen molar-refractivity contribution in [1.82, 2.24) is 5.32 Å². The summed E-state index contributed by atoms with van der Waals surface area (Å²) in [5, 5.41) is 6.80. The van der Waals surface area contributed by atoms with E-state index in [4.69, 9.17) is 17.0 Å². The van der Waals surface area contributed by atoms with Crippen molar-refractivity contribution in [1.29, 1.82) is 0 Å². The normalized spacial score (nSPS) is 12.1. The van der Waals surface area contributed by atoms with Gasteiger partial charge in [-0.25, -0.2) is 0 Å². The first kappa shape index (κ1) is 21.4. The topological polar surface area (TPSA) is 37.7 Å². The number of alkyl halides is 2. The van der Waals surface area contributed by atoms with Crippen molar-refractivity contribution in [3.05, 3.63) is 54.1 Å². The van der Waals surface area contributed by atoms with E-state index in [1.807, 2.05) is 24.3 Å². The molecule has 2 rings (SSSR count). The number of halogens is 2. The first-order valence-corrected chi connectivity index (χ1v) is 9.71. The zero-order valence-corrected chi connectivity index (χ0v) is 17.1. The van der Waals surface area contributed by atoms with E-state index in [9.17, 15) is 8.78 Å². The van der Waals surface area contributed by atoms with E-state index < -0.39 is 5.76 Å². The number of likely N-dealkylation sites (N-methyl/N-ethyl adjacent to an activating group) is 1. The van der Waals surface area contributed by atoms with Gasteiger partial charge < -0.3 is 20.3 Å². The maximum Gasteiger partial charge on any atom is 0.288 e. The third-order valence-corrected chi connectivity index (χ3v) is 4.99. The van der Waals surface area contributed by atoms with Gasteiger partial charge in [-0.05, 0) is 60.7 Å². The third kappa shape index (κ3) is 6.97. The molecule has 27 heavy (non-hydrogen) atoms. The Hall–Kier alpha value is -1.90. The minimum absolute atomic E-state index is 0.209. The van der Waals surface area contributed by atoms with Gasteiger partial charge in [-0.1, -0.05) is 11.8 Å². The number of rotatable bonds is 8. The Labute approximate surface area is 168 Å². The molecule has 0 bridgehead atoms. The smallest absolute Gasteiger partial charge is 0.288 e. The fraction of sp³-hybridized carbons (Fsp3) is 0.316. The van der Waals surface area contributed by atoms with Gasteiger partial charge >= 0.3 is 0 Å². The number of hydrogen-bond donors (Lipinski definition) is 3. The van der Waals surface area contributed by atoms with Crippen LogP contribution < -0.4 is 20.3 Å². The van der Waals surface area contributed by atoms with E-state index in [0.717, 1.165) is 11.4 Å². The lowest BCUT2D eigenvalue weighted by molar-refractivity contribution is -0.890. The number of thioether (sulfide) groups is 1. The van der Waals surface area contributed by atoms with Crippen molar-refractivity contribution in [3.63, 3.8) is 0 Å². The molecule has 0 aliphatic heterocycles. The van der Waals surface area contributed by atoms with Crippen LogP contribution in [0.3, 0.4) is 0 Å². The summed E-state index contributed by atoms with van der Waals surface area (Å²) < 4.78 is 29.9. The molecular weight excluding hydrogens is 388 g/mol. The molecular formula is C19H24F2N3OS2+. The molecule has 0 radical (unpaired) electrons. The molecule has 2 aromatic carbocycles. The van der Waals surface area contributed by atoms with Crippen LogP contribution in [0.5, 0.6) is 5.75 Å². The Kier molecular flexibility index (Phi) is 8.27. The second-order valence-electron chi connectivity index (χ2n) is 6.14. The van der Waals surface area contributed by atoms with Crippen LogP contribution in [0.1, 0.15) is 11.6 Å². The first-order valence-electron chi connectivity index (χ1n) is 8.42. The number of methoxy groups -OCH3 is 1. The van der Waals surface area contributed by atoms with Crippen molar-refractivity contribution in [2.45, 2.75) is 16.7 Å². The van der Waals surface area contributed by atoms with E-state index in [1.165, 1.54) is 10.5 Å². The summed E-state index contributed by atoms with van der Waals surface area (Å²) in [6, 6.07) is 15.0. The molecule has 0 spiro atoms. The Bertz CT molecular complexity index is 725. The lowest BCUT2D eigenvalue weighted by Gasteiger charge is -2.23. The van der Waals surface area contributed by atoms with Gasteiger partial charge in [-0.15, -0.1) is 0 Å². The zero-order chi connectivity index (χ0) is 19.8. The van der Waals surface area contributed by atoms with Crippen LogP contribution in [0.15, 0.2) is 53.4 Å². The van der Waals surface area contributed by atoms with E-state index in [1.54, 1.807) is 31.4 Å². The summed E-state index contributed by atoms with van der Waals surface area (Å²) in [5.41, 5.74) is 1.93. The van der Waals surface area contributed by atoms with Crippen LogP contribution in [0, 0.1) is 0 Å². The van der Waals surface area contributed by atoms with Crippen LogP contribution in [-0.4, -0.2) is 38.6 Å². The number of thiocarbonyl (C=S) groups is 1. The highest BCUT2D eigenvalue weighted by atomic mass is 32.2. The molecule has 0 saturated carbocycles. The average Bonchev–Trinajstić information content (AvgIpc) is 2.63. The highest BCUT2D eigenvalue weighted by Crippen LogP contribution is 2.26. The average molecular weight is 413 g/mol. The van der Waals surface area contributed by atoms with Crippen molar-refractivity contribution in [2.75, 3.05) is 33.1 Å². The molecule has 0 aliphatic rings. The molecule has 8 heteroatoms. The second-order valence-corrected chi connectivity index (χ2v) is 7.61. The number of benzene rings is 2. The fourth-order valence-corrected chi connectivity index (χ4v) is 3.28. The third-order valence-electron chi connectivity index (χ3n) is 4.02. The van der Waals surface area contributed by atoms with E-state index >= 15 is 0 Å². The van der Waals surface area contributed by atoms with E-state index in [-0.39, 0.29) is 6.04 Å². The number of nitrogens with one attached hydrogen (secondary N) is 3. The van der Waals surface area contributed by atoms with E-state index in [2.05, 4.69) is 24.7 Å². The summed E-state index contributed by atoms with van der Waals surface area (Å²) in [5.74, 6) is -1.60. The molecule has 1 atom stereocenters. The highest BCUT2D eigenvalue weighted by molar-refractivity contribution is 7.99. The predicted molar refractivity (Wildman–Crippen MR) is 111 cm³/mol. The van der Waals surface area contributed by atoms with Gasteiger partial charge in [0.1, 0.15) is 11.8 Å². The van der Waals surface area contributed by atoms with Gasteiger partial charge in [0, 0.05) is 16.1 Å². The Balaban J connectivity index is 1.91. The van der Waals surface area contributed by atoms with Crippen molar-refractivity contribution >= 4 is 34.8 Å². The standard InChI is InChI=1S/C19H23F2N3OS2/c1-24(2)17(13-4-8-15(25-3)9-5-13)12-22-19(26)23-14-6-10-16(11-7-14)27-18(20)21/h4-11,17-18H,12H2,1-3H3,(H2,22,23,26)/p+1/t17-/m1/s1. The van der Waals surface area contributed by atoms with Crippen LogP contribution in [-0.2, 0) is 0 Å². The fourth-order valence-electron chi connectivity index (χ4n) is 2.58. The molecule has 0 aromatic heterocycles. The molecule has 146 valence electrons. The molecule has 0 amide bonds. The van der Waals surface area contributed by atoms with Crippen molar-refractivity contribution in [3.8, 4) is 5.75 Å². The summed E-state index contributed by atoms with van der Waals surface area (Å²) in [7, 11) is 5.83. The minimum atomic E-state index is -2.42. The van der Waals surface area contributed by atoms with Crippen LogP contribution >= 0.6 is 24.0 Å². The molecule has 0 saturated heterocycles. The van der Waals surface area contributed by atoms with Gasteiger partial charge in [0.25, 0.3) is 5.76 Å². The van der Waals surface area contributed by atoms with Gasteiger partial charge in [-0.3, -0.25) is 0 Å². The van der Waals surface area contributed by atoms with Gasteiger partial charge in [-0.2, -0.15) is 8.78 Å². The lowest BCUT2D eigenvalue weighted by atomic mass is 10.1. The Morgan fingerprint density at radius 3 is 2.26 bits per heavy atom. The van der Waals surface area contributed by atoms with E-state index in [0.29, 0.717) is 28.3 Å². The monoisotopic (exact) mass is 412 g/mol. The minimum Gasteiger partial charge on any atom is -0.497 e. The molecule has 2 aromatic rings. The number of anilines is 1. The van der Waals surface area contributed by atoms with Crippen LogP contribution in [0.2, 0.25) is 0 Å². The Morgan fingerprint density at radius 2 is 1.74 bits per heavy atom. The van der Waals surface area contributed by atoms with Gasteiger partial charge in [0.15, 0.2) is 5.11 Å². The summed E-state index contributed by atoms with van der Waals surface area (Å²) in [6.07, 6.45) is 0. The lowest BCUT2D eigenvalue weighted by Crippen LogP contribution is -3.07. The molecule has 0 unspecified atom stereocenters. The van der Waals surface area contributed by atoms with Crippen LogP contribution in [0.4, 0.5) is 14.5 Å². The predicted octanol–water partition coefficient (Wildman–Crippen LogP) is 3.18. The summed E-state index contributed by atoms with van der Waals surface area (Å²) in [4.78, 5) is 1.79. The summed E-state index contributed by atoms with van der Waals surface area (Å²) in [6.45, 7) is 0.653. The maximum atomic E-state index is 12.4. The SMILES string of the molecule is COc1ccc([C@@H](CNC(=S)Nc2ccc(SC(F)F)cc2)[NH+](C)C)cc1. The number of quaternary nitrogens is 1. The molecule has 4 nitrogen and oxygen atoms in total. The van der Waals surface area contributed by atoms with Gasteiger partial charge in [0.05, 0.1) is 27.7 Å². The van der Waals surface area contributed by atoms with Gasteiger partial charge in [0.2, 0.25) is 0 Å². The second kappa shape index (κ2) is 10.4. The number of hydrogen-bond acceptors (Lipinski definition) is 3. The largest absolute Gasteiger partial charge is 0.497 e. The zero-order valence-electron chi connectivity index (χ0n) is 15.5. The molecule has 0 fully saturated rings. The summed E-state index contributed by atoms with van der Waals surface area (Å²) >= 11 is 5.88. The Morgan fingerprint density at radius 1 is 1.11 bits per heavy atom. The first-order chi connectivity index (χ1) is 12.9. The van der Waals surface area contributed by atoms with Crippen molar-refractivity contribution < 1.29 is 18.4 Å². The highest BCUT2D eigenvalue weighted by Gasteiger charge is 2.18. The number of ether oxygens (including phenoxy) is 1. The van der Waals surface area contributed by atoms with Crippen molar-refractivity contribution in [2.24, 2.45) is 0 Å². The van der Waals surface area contributed by atoms with Crippen LogP contribution in [0.25, 0.3) is 0 Å². The molecule has 0 aliphatic carbocycles. The molecule has 0 heterocycles. The maximum absolute atomic E-state index is 12.4. The molecule has 3 N–H and O–H groups in total. The quantitative estimate of drug-likeness (QED) is 0.459.